The van der Waals surface area contributed by atoms with Crippen LogP contribution >= 0.6 is 0 Å². The summed E-state index contributed by atoms with van der Waals surface area (Å²) in [7, 11) is 0. The van der Waals surface area contributed by atoms with Crippen LogP contribution in [0.4, 0.5) is 11.6 Å². The fourth-order valence-corrected chi connectivity index (χ4v) is 3.08. The normalized spacial score (nSPS) is 19.7. The van der Waals surface area contributed by atoms with Gasteiger partial charge in [-0.25, -0.2) is 9.97 Å². The van der Waals surface area contributed by atoms with Crippen LogP contribution in [0.25, 0.3) is 0 Å². The van der Waals surface area contributed by atoms with Crippen LogP contribution < -0.4 is 10.2 Å². The highest BCUT2D eigenvalue weighted by molar-refractivity contribution is 5.55. The van der Waals surface area contributed by atoms with Crippen LogP contribution in [0.1, 0.15) is 25.7 Å². The van der Waals surface area contributed by atoms with Crippen molar-refractivity contribution in [2.24, 2.45) is 5.92 Å². The van der Waals surface area contributed by atoms with E-state index in [0.717, 1.165) is 56.4 Å². The molecule has 0 bridgehead atoms. The van der Waals surface area contributed by atoms with Crippen molar-refractivity contribution in [3.63, 3.8) is 0 Å². The number of rotatable bonds is 6. The molecule has 0 saturated carbocycles. The van der Waals surface area contributed by atoms with Crippen molar-refractivity contribution >= 4 is 17.9 Å². The fourth-order valence-electron chi connectivity index (χ4n) is 3.08. The highest BCUT2D eigenvalue weighted by Gasteiger charge is 2.20. The summed E-state index contributed by atoms with van der Waals surface area (Å²) in [5, 5.41) is 13.4. The molecule has 0 radical (unpaired) electrons. The van der Waals surface area contributed by atoms with E-state index >= 15 is 0 Å². The van der Waals surface area contributed by atoms with Gasteiger partial charge in [0.2, 0.25) is 0 Å². The van der Waals surface area contributed by atoms with Gasteiger partial charge in [-0.1, -0.05) is 18.2 Å². The van der Waals surface area contributed by atoms with Gasteiger partial charge in [0, 0.05) is 31.6 Å². The predicted molar refractivity (Wildman–Crippen MR) is 94.0 cm³/mol. The standard InChI is InChI=1S/C18H24N4O2/c23-12-14-6-8-22(9-7-14)18-10-17(20-13-21-18)19-11-16(24)15-4-2-1-3-5-15/h2,4-5,10,12-14,16,24H,1,3,6-9,11H2,(H,19,20,21)/t16-/m0/s1. The molecule has 128 valence electrons. The second-order valence-electron chi connectivity index (χ2n) is 6.30. The van der Waals surface area contributed by atoms with E-state index in [1.54, 1.807) is 0 Å². The molecular weight excluding hydrogens is 304 g/mol. The van der Waals surface area contributed by atoms with E-state index in [0.29, 0.717) is 12.4 Å². The zero-order chi connectivity index (χ0) is 16.8. The fraction of sp³-hybridized carbons (Fsp3) is 0.500. The molecule has 0 amide bonds. The number of nitrogens with zero attached hydrogens (tertiary/aromatic N) is 3. The molecule has 1 atom stereocenters. The van der Waals surface area contributed by atoms with Gasteiger partial charge in [-0.3, -0.25) is 0 Å². The zero-order valence-corrected chi connectivity index (χ0v) is 13.8. The Labute approximate surface area is 142 Å². The second-order valence-corrected chi connectivity index (χ2v) is 6.30. The van der Waals surface area contributed by atoms with Gasteiger partial charge < -0.3 is 20.1 Å². The van der Waals surface area contributed by atoms with Gasteiger partial charge in [0.1, 0.15) is 24.2 Å². The first-order chi connectivity index (χ1) is 11.8. The number of aliphatic hydroxyl groups is 1. The van der Waals surface area contributed by atoms with Crippen molar-refractivity contribution in [3.8, 4) is 0 Å². The predicted octanol–water partition coefficient (Wildman–Crippen LogP) is 1.94. The molecule has 24 heavy (non-hydrogen) atoms. The molecule has 1 fully saturated rings. The number of aliphatic hydroxyl groups excluding tert-OH is 1. The number of nitrogens with one attached hydrogen (secondary N) is 1. The third-order valence-electron chi connectivity index (χ3n) is 4.59. The molecule has 1 aliphatic heterocycles. The Bertz CT molecular complexity index is 621. The molecular formula is C18H24N4O2. The monoisotopic (exact) mass is 328 g/mol. The van der Waals surface area contributed by atoms with Crippen LogP contribution in [0.2, 0.25) is 0 Å². The molecule has 0 aromatic carbocycles. The molecule has 2 heterocycles. The lowest BCUT2D eigenvalue weighted by Crippen LogP contribution is -2.34. The largest absolute Gasteiger partial charge is 0.387 e. The Morgan fingerprint density at radius 2 is 2.17 bits per heavy atom. The molecule has 2 N–H and O–H groups in total. The van der Waals surface area contributed by atoms with Crippen LogP contribution in [0.5, 0.6) is 0 Å². The molecule has 3 rings (SSSR count). The Morgan fingerprint density at radius 1 is 1.33 bits per heavy atom. The topological polar surface area (TPSA) is 78.4 Å². The van der Waals surface area contributed by atoms with Crippen molar-refractivity contribution in [1.29, 1.82) is 0 Å². The number of hydrogen-bond donors (Lipinski definition) is 2. The first-order valence-corrected chi connectivity index (χ1v) is 8.57. The third kappa shape index (κ3) is 4.20. The smallest absolute Gasteiger partial charge is 0.134 e. The Balaban J connectivity index is 1.56. The maximum Gasteiger partial charge on any atom is 0.134 e. The number of aromatic nitrogens is 2. The van der Waals surface area contributed by atoms with Crippen molar-refractivity contribution in [3.05, 3.63) is 36.2 Å². The summed E-state index contributed by atoms with van der Waals surface area (Å²) < 4.78 is 0. The quantitative estimate of drug-likeness (QED) is 0.777. The molecule has 6 nitrogen and oxygen atoms in total. The van der Waals surface area contributed by atoms with Gasteiger partial charge in [-0.2, -0.15) is 0 Å². The summed E-state index contributed by atoms with van der Waals surface area (Å²) in [5.41, 5.74) is 0.957. The van der Waals surface area contributed by atoms with Crippen molar-refractivity contribution in [1.82, 2.24) is 9.97 Å². The van der Waals surface area contributed by atoms with Crippen molar-refractivity contribution in [2.75, 3.05) is 29.9 Å². The average Bonchev–Trinajstić information content (AvgIpc) is 2.67. The lowest BCUT2D eigenvalue weighted by Gasteiger charge is -2.30. The van der Waals surface area contributed by atoms with Gasteiger partial charge in [-0.15, -0.1) is 0 Å². The van der Waals surface area contributed by atoms with E-state index in [1.165, 1.54) is 6.33 Å². The van der Waals surface area contributed by atoms with Crippen LogP contribution in [0, 0.1) is 5.92 Å². The van der Waals surface area contributed by atoms with E-state index < -0.39 is 6.10 Å². The van der Waals surface area contributed by atoms with Crippen molar-refractivity contribution < 1.29 is 9.90 Å². The summed E-state index contributed by atoms with van der Waals surface area (Å²) in [6, 6.07) is 1.90. The van der Waals surface area contributed by atoms with E-state index in [2.05, 4.69) is 32.3 Å². The highest BCUT2D eigenvalue weighted by atomic mass is 16.3. The van der Waals surface area contributed by atoms with E-state index in [1.807, 2.05) is 12.1 Å². The minimum atomic E-state index is -0.539. The average molecular weight is 328 g/mol. The Morgan fingerprint density at radius 3 is 2.88 bits per heavy atom. The molecule has 1 aromatic heterocycles. The number of allylic oxidation sites excluding steroid dienone is 2. The summed E-state index contributed by atoms with van der Waals surface area (Å²) in [4.78, 5) is 21.6. The van der Waals surface area contributed by atoms with Gasteiger partial charge in [0.25, 0.3) is 0 Å². The number of hydrogen-bond acceptors (Lipinski definition) is 6. The number of carbonyl (C=O) groups is 1. The number of anilines is 2. The summed E-state index contributed by atoms with van der Waals surface area (Å²) in [5.74, 6) is 1.74. The van der Waals surface area contributed by atoms with E-state index in [-0.39, 0.29) is 5.92 Å². The lowest BCUT2D eigenvalue weighted by atomic mass is 9.99. The lowest BCUT2D eigenvalue weighted by molar-refractivity contribution is -0.111. The highest BCUT2D eigenvalue weighted by Crippen LogP contribution is 2.22. The molecule has 0 unspecified atom stereocenters. The van der Waals surface area contributed by atoms with Gasteiger partial charge >= 0.3 is 0 Å². The second kappa shape index (κ2) is 8.06. The van der Waals surface area contributed by atoms with E-state index in [9.17, 15) is 9.90 Å². The van der Waals surface area contributed by atoms with Gasteiger partial charge in [0.15, 0.2) is 0 Å². The SMILES string of the molecule is O=CC1CCN(c2cc(NC[C@H](O)C3=CCCC=C3)ncn2)CC1. The maximum absolute atomic E-state index is 10.8. The van der Waals surface area contributed by atoms with Gasteiger partial charge in [-0.05, 0) is 31.3 Å². The third-order valence-corrected chi connectivity index (χ3v) is 4.59. The molecule has 0 spiro atoms. The Hall–Kier alpha value is -2.21. The van der Waals surface area contributed by atoms with Crippen LogP contribution in [0.15, 0.2) is 36.2 Å². The zero-order valence-electron chi connectivity index (χ0n) is 13.8. The van der Waals surface area contributed by atoms with Crippen LogP contribution in [-0.4, -0.2) is 47.1 Å². The first-order valence-electron chi connectivity index (χ1n) is 8.57. The maximum atomic E-state index is 10.8. The molecule has 2 aliphatic rings. The summed E-state index contributed by atoms with van der Waals surface area (Å²) >= 11 is 0. The van der Waals surface area contributed by atoms with E-state index in [4.69, 9.17) is 0 Å². The van der Waals surface area contributed by atoms with Crippen molar-refractivity contribution in [2.45, 2.75) is 31.8 Å². The molecule has 1 saturated heterocycles. The molecule has 1 aliphatic carbocycles. The van der Waals surface area contributed by atoms with Crippen LogP contribution in [-0.2, 0) is 4.79 Å². The number of aldehydes is 1. The molecule has 6 heteroatoms. The minimum absolute atomic E-state index is 0.174. The first kappa shape index (κ1) is 16.6. The number of carbonyl (C=O) groups excluding carboxylic acids is 1. The summed E-state index contributed by atoms with van der Waals surface area (Å²) in [6.07, 6.45) is 12.0. The summed E-state index contributed by atoms with van der Waals surface area (Å²) in [6.45, 7) is 2.08. The minimum Gasteiger partial charge on any atom is -0.387 e. The number of piperidine rings is 1. The Kier molecular flexibility index (Phi) is 5.59. The molecule has 1 aromatic rings. The van der Waals surface area contributed by atoms with Crippen LogP contribution in [0.3, 0.4) is 0 Å². The van der Waals surface area contributed by atoms with Gasteiger partial charge in [0.05, 0.1) is 6.10 Å².